The first-order valence-corrected chi connectivity index (χ1v) is 5.90. The van der Waals surface area contributed by atoms with Gasteiger partial charge in [0, 0.05) is 5.38 Å². The average molecular weight is 189 g/mol. The summed E-state index contributed by atoms with van der Waals surface area (Å²) in [6, 6.07) is 0. The van der Waals surface area contributed by atoms with Gasteiger partial charge in [0.25, 0.3) is 0 Å². The Morgan fingerprint density at radius 3 is 2.33 bits per heavy atom. The highest BCUT2D eigenvalue weighted by Gasteiger charge is 2.12. The molecule has 1 saturated carbocycles. The summed E-state index contributed by atoms with van der Waals surface area (Å²) in [5.41, 5.74) is 0. The Balaban J connectivity index is 2.26. The zero-order chi connectivity index (χ0) is 8.81. The van der Waals surface area contributed by atoms with Gasteiger partial charge < -0.3 is 0 Å². The third-order valence-corrected chi connectivity index (χ3v) is 3.52. The van der Waals surface area contributed by atoms with Crippen LogP contribution in [0.25, 0.3) is 0 Å². The van der Waals surface area contributed by atoms with Gasteiger partial charge in [-0.1, -0.05) is 45.4 Å². The van der Waals surface area contributed by atoms with Gasteiger partial charge in [-0.25, -0.2) is 0 Å². The van der Waals surface area contributed by atoms with Crippen molar-refractivity contribution in [3.63, 3.8) is 0 Å². The van der Waals surface area contributed by atoms with Gasteiger partial charge >= 0.3 is 0 Å². The smallest absolute Gasteiger partial charge is 0.0336 e. The summed E-state index contributed by atoms with van der Waals surface area (Å²) in [6.45, 7) is 2.32. The third-order valence-electron chi connectivity index (χ3n) is 3.09. The molecule has 0 aromatic carbocycles. The Kier molecular flexibility index (Phi) is 5.06. The van der Waals surface area contributed by atoms with Crippen LogP contribution in [-0.4, -0.2) is 5.38 Å². The molecule has 0 N–H and O–H groups in total. The zero-order valence-electron chi connectivity index (χ0n) is 8.19. The van der Waals surface area contributed by atoms with E-state index in [2.05, 4.69) is 6.92 Å². The topological polar surface area (TPSA) is 0 Å². The molecule has 0 nitrogen and oxygen atoms in total. The molecule has 0 radical (unpaired) electrons. The Hall–Kier alpha value is 0.290. The fraction of sp³-hybridized carbons (Fsp3) is 1.00. The van der Waals surface area contributed by atoms with Crippen LogP contribution in [0.5, 0.6) is 0 Å². The first-order valence-electron chi connectivity index (χ1n) is 5.47. The van der Waals surface area contributed by atoms with Crippen LogP contribution < -0.4 is 0 Å². The van der Waals surface area contributed by atoms with E-state index in [1.54, 1.807) is 0 Å². The second kappa shape index (κ2) is 5.85. The highest BCUT2D eigenvalue weighted by atomic mass is 35.5. The zero-order valence-corrected chi connectivity index (χ0v) is 8.95. The molecule has 0 aromatic heterocycles. The molecule has 0 bridgehead atoms. The maximum atomic E-state index is 6.16. The number of halogens is 1. The summed E-state index contributed by atoms with van der Waals surface area (Å²) >= 11 is 6.16. The molecule has 1 aliphatic rings. The summed E-state index contributed by atoms with van der Waals surface area (Å²) in [4.78, 5) is 0. The maximum Gasteiger partial charge on any atom is 0.0336 e. The molecule has 1 heteroatoms. The molecule has 1 fully saturated rings. The Labute approximate surface area is 81.7 Å². The molecule has 1 rings (SSSR count). The van der Waals surface area contributed by atoms with Crippen LogP contribution in [0.4, 0.5) is 0 Å². The minimum atomic E-state index is 0.473. The van der Waals surface area contributed by atoms with Crippen LogP contribution in [-0.2, 0) is 0 Å². The van der Waals surface area contributed by atoms with E-state index in [-0.39, 0.29) is 0 Å². The Morgan fingerprint density at radius 1 is 1.00 bits per heavy atom. The Bertz CT molecular complexity index is 112. The SMILES string of the molecule is CCC1CCCCC(Cl)CCC1. The summed E-state index contributed by atoms with van der Waals surface area (Å²) in [7, 11) is 0. The molecule has 72 valence electrons. The molecule has 2 atom stereocenters. The van der Waals surface area contributed by atoms with Crippen LogP contribution in [0.1, 0.15) is 58.3 Å². The van der Waals surface area contributed by atoms with Gasteiger partial charge in [-0.3, -0.25) is 0 Å². The molecule has 0 aromatic rings. The highest BCUT2D eigenvalue weighted by Crippen LogP contribution is 2.25. The molecule has 0 spiro atoms. The molecule has 1 aliphatic carbocycles. The molecule has 12 heavy (non-hydrogen) atoms. The Morgan fingerprint density at radius 2 is 1.58 bits per heavy atom. The third kappa shape index (κ3) is 3.80. The quantitative estimate of drug-likeness (QED) is 0.537. The lowest BCUT2D eigenvalue weighted by molar-refractivity contribution is 0.416. The summed E-state index contributed by atoms with van der Waals surface area (Å²) in [5, 5.41) is 0.473. The summed E-state index contributed by atoms with van der Waals surface area (Å²) in [6.07, 6.45) is 10.8. The number of hydrogen-bond acceptors (Lipinski definition) is 0. The minimum Gasteiger partial charge on any atom is -0.123 e. The first-order chi connectivity index (χ1) is 5.83. The van der Waals surface area contributed by atoms with E-state index in [9.17, 15) is 0 Å². The fourth-order valence-corrected chi connectivity index (χ4v) is 2.43. The van der Waals surface area contributed by atoms with Crippen molar-refractivity contribution >= 4 is 11.6 Å². The van der Waals surface area contributed by atoms with E-state index in [4.69, 9.17) is 11.6 Å². The lowest BCUT2D eigenvalue weighted by atomic mass is 9.95. The van der Waals surface area contributed by atoms with E-state index < -0.39 is 0 Å². The largest absolute Gasteiger partial charge is 0.123 e. The predicted molar refractivity (Wildman–Crippen MR) is 55.7 cm³/mol. The van der Waals surface area contributed by atoms with Gasteiger partial charge in [0.15, 0.2) is 0 Å². The standard InChI is InChI=1S/C11H21Cl/c1-2-10-6-3-4-8-11(12)9-5-7-10/h10-11H,2-9H2,1H3. The van der Waals surface area contributed by atoms with Crippen LogP contribution in [0.2, 0.25) is 0 Å². The van der Waals surface area contributed by atoms with Gasteiger partial charge in [0.1, 0.15) is 0 Å². The predicted octanol–water partition coefficient (Wildman–Crippen LogP) is 4.36. The monoisotopic (exact) mass is 188 g/mol. The van der Waals surface area contributed by atoms with Gasteiger partial charge in [0.2, 0.25) is 0 Å². The van der Waals surface area contributed by atoms with Crippen molar-refractivity contribution in [1.29, 1.82) is 0 Å². The maximum absolute atomic E-state index is 6.16. The molecular formula is C11H21Cl. The van der Waals surface area contributed by atoms with Gasteiger partial charge in [-0.2, -0.15) is 0 Å². The fourth-order valence-electron chi connectivity index (χ4n) is 2.12. The highest BCUT2D eigenvalue weighted by molar-refractivity contribution is 6.20. The van der Waals surface area contributed by atoms with Gasteiger partial charge in [0.05, 0.1) is 0 Å². The van der Waals surface area contributed by atoms with Crippen molar-refractivity contribution in [2.45, 2.75) is 63.7 Å². The number of hydrogen-bond donors (Lipinski definition) is 0. The van der Waals surface area contributed by atoms with Crippen molar-refractivity contribution in [2.75, 3.05) is 0 Å². The average Bonchev–Trinajstić information content (AvgIpc) is 2.17. The molecular weight excluding hydrogens is 168 g/mol. The lowest BCUT2D eigenvalue weighted by Gasteiger charge is -2.12. The summed E-state index contributed by atoms with van der Waals surface area (Å²) < 4.78 is 0. The van der Waals surface area contributed by atoms with Crippen molar-refractivity contribution in [3.8, 4) is 0 Å². The van der Waals surface area contributed by atoms with Crippen molar-refractivity contribution in [2.24, 2.45) is 5.92 Å². The van der Waals surface area contributed by atoms with Crippen LogP contribution in [0.3, 0.4) is 0 Å². The van der Waals surface area contributed by atoms with Crippen LogP contribution in [0, 0.1) is 5.92 Å². The minimum absolute atomic E-state index is 0.473. The molecule has 0 aliphatic heterocycles. The normalized spacial score (nSPS) is 33.5. The second-order valence-corrected chi connectivity index (χ2v) is 4.70. The van der Waals surface area contributed by atoms with E-state index >= 15 is 0 Å². The van der Waals surface area contributed by atoms with Crippen LogP contribution in [0.15, 0.2) is 0 Å². The van der Waals surface area contributed by atoms with Gasteiger partial charge in [-0.15, -0.1) is 11.6 Å². The van der Waals surface area contributed by atoms with Crippen molar-refractivity contribution < 1.29 is 0 Å². The van der Waals surface area contributed by atoms with E-state index in [0.717, 1.165) is 5.92 Å². The molecule has 0 saturated heterocycles. The molecule has 0 heterocycles. The first kappa shape index (κ1) is 10.4. The number of alkyl halides is 1. The summed E-state index contributed by atoms with van der Waals surface area (Å²) in [5.74, 6) is 0.993. The number of rotatable bonds is 1. The molecule has 0 amide bonds. The second-order valence-electron chi connectivity index (χ2n) is 4.09. The van der Waals surface area contributed by atoms with E-state index in [1.807, 2.05) is 0 Å². The van der Waals surface area contributed by atoms with Crippen molar-refractivity contribution in [1.82, 2.24) is 0 Å². The van der Waals surface area contributed by atoms with E-state index in [0.29, 0.717) is 5.38 Å². The molecule has 2 unspecified atom stereocenters. The lowest BCUT2D eigenvalue weighted by Crippen LogP contribution is -1.98. The van der Waals surface area contributed by atoms with Crippen LogP contribution >= 0.6 is 11.6 Å². The van der Waals surface area contributed by atoms with Crippen molar-refractivity contribution in [3.05, 3.63) is 0 Å². The van der Waals surface area contributed by atoms with Gasteiger partial charge in [-0.05, 0) is 18.8 Å². The van der Waals surface area contributed by atoms with E-state index in [1.165, 1.54) is 51.4 Å².